The van der Waals surface area contributed by atoms with Crippen molar-refractivity contribution in [1.29, 1.82) is 0 Å². The Morgan fingerprint density at radius 2 is 2.30 bits per heavy atom. The molecule has 1 unspecified atom stereocenters. The molecule has 58 valence electrons. The van der Waals surface area contributed by atoms with E-state index >= 15 is 0 Å². The Labute approximate surface area is 63.1 Å². The summed E-state index contributed by atoms with van der Waals surface area (Å²) in [6.45, 7) is 9.23. The van der Waals surface area contributed by atoms with Crippen LogP contribution in [0.2, 0.25) is 0 Å². The van der Waals surface area contributed by atoms with Crippen molar-refractivity contribution in [3.63, 3.8) is 0 Å². The Morgan fingerprint density at radius 1 is 1.70 bits per heavy atom. The van der Waals surface area contributed by atoms with Crippen molar-refractivity contribution in [2.45, 2.75) is 32.8 Å². The van der Waals surface area contributed by atoms with Gasteiger partial charge in [-0.2, -0.15) is 0 Å². The van der Waals surface area contributed by atoms with Gasteiger partial charge in [0.1, 0.15) is 0 Å². The zero-order valence-electron chi connectivity index (χ0n) is 6.89. The summed E-state index contributed by atoms with van der Waals surface area (Å²) in [6.07, 6.45) is 4.81. The Bertz CT molecular complexity index is 123. The fourth-order valence-corrected chi connectivity index (χ4v) is 1.28. The molecule has 0 aliphatic carbocycles. The number of epoxide rings is 1. The third-order valence-electron chi connectivity index (χ3n) is 1.88. The van der Waals surface area contributed by atoms with Crippen molar-refractivity contribution in [3.05, 3.63) is 12.7 Å². The lowest BCUT2D eigenvalue weighted by Crippen LogP contribution is -2.12. The summed E-state index contributed by atoms with van der Waals surface area (Å²) in [7, 11) is 0. The molecule has 0 N–H and O–H groups in total. The van der Waals surface area contributed by atoms with Crippen LogP contribution in [0.4, 0.5) is 0 Å². The highest BCUT2D eigenvalue weighted by Crippen LogP contribution is 2.32. The molecule has 0 saturated carbocycles. The van der Waals surface area contributed by atoms with Gasteiger partial charge in [-0.3, -0.25) is 0 Å². The smallest absolute Gasteiger partial charge is 0.0815 e. The zero-order valence-corrected chi connectivity index (χ0v) is 6.89. The fourth-order valence-electron chi connectivity index (χ4n) is 1.28. The number of hydrogen-bond acceptors (Lipinski definition) is 1. The van der Waals surface area contributed by atoms with Gasteiger partial charge >= 0.3 is 0 Å². The lowest BCUT2D eigenvalue weighted by Gasteiger charge is -2.20. The first-order valence-electron chi connectivity index (χ1n) is 3.86. The summed E-state index contributed by atoms with van der Waals surface area (Å²) in [5.74, 6) is 0. The predicted molar refractivity (Wildman–Crippen MR) is 43.0 cm³/mol. The largest absolute Gasteiger partial charge is 0.373 e. The molecule has 1 aliphatic rings. The summed E-state index contributed by atoms with van der Waals surface area (Å²) < 4.78 is 5.16. The molecule has 1 fully saturated rings. The van der Waals surface area contributed by atoms with E-state index in [9.17, 15) is 0 Å². The second-order valence-corrected chi connectivity index (χ2v) is 3.82. The van der Waals surface area contributed by atoms with Crippen LogP contribution >= 0.6 is 0 Å². The van der Waals surface area contributed by atoms with Crippen LogP contribution in [0.1, 0.15) is 26.7 Å². The summed E-state index contributed by atoms with van der Waals surface area (Å²) in [6, 6.07) is 0. The first-order chi connectivity index (χ1) is 4.64. The predicted octanol–water partition coefficient (Wildman–Crippen LogP) is 2.38. The van der Waals surface area contributed by atoms with Gasteiger partial charge in [-0.05, 0) is 18.3 Å². The van der Waals surface area contributed by atoms with Crippen LogP contribution in [0.3, 0.4) is 0 Å². The van der Waals surface area contributed by atoms with Gasteiger partial charge in [0.05, 0.1) is 12.7 Å². The van der Waals surface area contributed by atoms with Crippen molar-refractivity contribution in [2.75, 3.05) is 6.61 Å². The molecule has 1 saturated heterocycles. The normalized spacial score (nSPS) is 24.4. The fraction of sp³-hybridized carbons (Fsp3) is 0.778. The van der Waals surface area contributed by atoms with E-state index in [4.69, 9.17) is 4.74 Å². The lowest BCUT2D eigenvalue weighted by molar-refractivity contribution is 0.279. The van der Waals surface area contributed by atoms with Crippen molar-refractivity contribution in [1.82, 2.24) is 0 Å². The number of ether oxygens (including phenoxy) is 1. The van der Waals surface area contributed by atoms with Gasteiger partial charge in [0.25, 0.3) is 0 Å². The van der Waals surface area contributed by atoms with E-state index in [1.165, 1.54) is 6.42 Å². The first kappa shape index (κ1) is 7.80. The molecule has 1 aliphatic heterocycles. The van der Waals surface area contributed by atoms with Crippen molar-refractivity contribution < 1.29 is 4.74 Å². The van der Waals surface area contributed by atoms with E-state index in [0.717, 1.165) is 13.0 Å². The van der Waals surface area contributed by atoms with Crippen LogP contribution in [0.25, 0.3) is 0 Å². The number of rotatable bonds is 4. The van der Waals surface area contributed by atoms with E-state index < -0.39 is 0 Å². The maximum Gasteiger partial charge on any atom is 0.0815 e. The minimum absolute atomic E-state index is 0.392. The second-order valence-electron chi connectivity index (χ2n) is 3.82. The molecule has 1 heterocycles. The first-order valence-corrected chi connectivity index (χ1v) is 3.86. The molecule has 0 spiro atoms. The van der Waals surface area contributed by atoms with Gasteiger partial charge < -0.3 is 4.74 Å². The van der Waals surface area contributed by atoms with Gasteiger partial charge in [-0.15, -0.1) is 6.58 Å². The van der Waals surface area contributed by atoms with Crippen LogP contribution in [0, 0.1) is 5.41 Å². The molecule has 0 aromatic rings. The van der Waals surface area contributed by atoms with E-state index in [0.29, 0.717) is 11.5 Å². The second kappa shape index (κ2) is 2.75. The average molecular weight is 140 g/mol. The molecule has 1 atom stereocenters. The maximum atomic E-state index is 5.16. The van der Waals surface area contributed by atoms with Crippen LogP contribution in [0.5, 0.6) is 0 Å². The zero-order chi connectivity index (χ0) is 7.61. The molecular formula is C9H16O. The molecule has 10 heavy (non-hydrogen) atoms. The monoisotopic (exact) mass is 140 g/mol. The van der Waals surface area contributed by atoms with Gasteiger partial charge in [0, 0.05) is 0 Å². The third-order valence-corrected chi connectivity index (χ3v) is 1.88. The molecule has 0 amide bonds. The summed E-state index contributed by atoms with van der Waals surface area (Å²) >= 11 is 0. The van der Waals surface area contributed by atoms with Crippen molar-refractivity contribution in [2.24, 2.45) is 5.41 Å². The minimum atomic E-state index is 0.392. The average Bonchev–Trinajstić information content (AvgIpc) is 2.48. The molecule has 1 nitrogen and oxygen atoms in total. The van der Waals surface area contributed by atoms with Crippen LogP contribution in [-0.4, -0.2) is 12.7 Å². The summed E-state index contributed by atoms with van der Waals surface area (Å²) in [5, 5.41) is 0. The summed E-state index contributed by atoms with van der Waals surface area (Å²) in [5.41, 5.74) is 0.392. The molecular weight excluding hydrogens is 124 g/mol. The van der Waals surface area contributed by atoms with Gasteiger partial charge in [-0.1, -0.05) is 19.9 Å². The van der Waals surface area contributed by atoms with Crippen molar-refractivity contribution in [3.8, 4) is 0 Å². The summed E-state index contributed by atoms with van der Waals surface area (Å²) in [4.78, 5) is 0. The van der Waals surface area contributed by atoms with E-state index in [1.54, 1.807) is 0 Å². The van der Waals surface area contributed by atoms with E-state index in [-0.39, 0.29) is 0 Å². The highest BCUT2D eigenvalue weighted by atomic mass is 16.6. The molecule has 0 aromatic carbocycles. The Kier molecular flexibility index (Phi) is 2.14. The lowest BCUT2D eigenvalue weighted by atomic mass is 9.84. The maximum absolute atomic E-state index is 5.16. The van der Waals surface area contributed by atoms with Crippen LogP contribution < -0.4 is 0 Å². The quantitative estimate of drug-likeness (QED) is 0.431. The Balaban J connectivity index is 2.25. The highest BCUT2D eigenvalue weighted by molar-refractivity contribution is 4.85. The molecule has 0 radical (unpaired) electrons. The van der Waals surface area contributed by atoms with Gasteiger partial charge in [0.15, 0.2) is 0 Å². The highest BCUT2D eigenvalue weighted by Gasteiger charge is 2.30. The van der Waals surface area contributed by atoms with Crippen LogP contribution in [0.15, 0.2) is 12.7 Å². The topological polar surface area (TPSA) is 12.5 Å². The molecule has 0 bridgehead atoms. The van der Waals surface area contributed by atoms with Crippen LogP contribution in [-0.2, 0) is 4.74 Å². The van der Waals surface area contributed by atoms with E-state index in [2.05, 4.69) is 20.4 Å². The molecule has 1 rings (SSSR count). The standard InChI is InChI=1S/C9H16O/c1-4-5-9(2,3)6-8-7-10-8/h4,8H,1,5-7H2,2-3H3. The molecule has 1 heteroatoms. The third kappa shape index (κ3) is 2.53. The Morgan fingerprint density at radius 3 is 2.70 bits per heavy atom. The van der Waals surface area contributed by atoms with Gasteiger partial charge in [-0.25, -0.2) is 0 Å². The number of allylic oxidation sites excluding steroid dienone is 1. The SMILES string of the molecule is C=CCC(C)(C)CC1CO1. The van der Waals surface area contributed by atoms with Crippen molar-refractivity contribution >= 4 is 0 Å². The Hall–Kier alpha value is -0.300. The van der Waals surface area contributed by atoms with E-state index in [1.807, 2.05) is 6.08 Å². The minimum Gasteiger partial charge on any atom is -0.373 e. The van der Waals surface area contributed by atoms with Gasteiger partial charge in [0.2, 0.25) is 0 Å². The number of hydrogen-bond donors (Lipinski definition) is 0. The molecule has 0 aromatic heterocycles.